The quantitative estimate of drug-likeness (QED) is 0.580. The summed E-state index contributed by atoms with van der Waals surface area (Å²) in [5.74, 6) is 0. The molecule has 0 aliphatic carbocycles. The SMILES string of the molecule is CC(C)(C)C(C)(C)[NH][Ti]. The van der Waals surface area contributed by atoms with Crippen molar-refractivity contribution in [1.82, 2.24) is 3.80 Å². The molecule has 0 rings (SSSR count). The first-order valence-electron chi connectivity index (χ1n) is 3.25. The number of nitrogens with one attached hydrogen (secondary N) is 1. The van der Waals surface area contributed by atoms with Crippen LogP contribution in [-0.2, 0) is 20.7 Å². The van der Waals surface area contributed by atoms with Crippen molar-refractivity contribution in [2.75, 3.05) is 0 Å². The van der Waals surface area contributed by atoms with Crippen LogP contribution in [-0.4, -0.2) is 5.54 Å². The Hall–Kier alpha value is 0.674. The van der Waals surface area contributed by atoms with Gasteiger partial charge in [0.25, 0.3) is 0 Å². The van der Waals surface area contributed by atoms with Crippen molar-refractivity contribution in [3.8, 4) is 0 Å². The van der Waals surface area contributed by atoms with E-state index in [0.29, 0.717) is 5.41 Å². The van der Waals surface area contributed by atoms with Gasteiger partial charge in [-0.2, -0.15) is 0 Å². The third-order valence-corrected chi connectivity index (χ3v) is 3.16. The van der Waals surface area contributed by atoms with Crippen LogP contribution in [0.1, 0.15) is 34.6 Å². The van der Waals surface area contributed by atoms with Gasteiger partial charge in [0.15, 0.2) is 0 Å². The standard InChI is InChI=1S/C7H16N.Ti/c1-6(2,3)7(4,5)8;/h8H,1-5H3;/q-1;+1. The summed E-state index contributed by atoms with van der Waals surface area (Å²) in [5, 5.41) is 0. The molecule has 0 aliphatic rings. The molecule has 0 saturated heterocycles. The summed E-state index contributed by atoms with van der Waals surface area (Å²) < 4.78 is 3.28. The van der Waals surface area contributed by atoms with Crippen LogP contribution in [0, 0.1) is 5.41 Å². The molecule has 0 radical (unpaired) electrons. The van der Waals surface area contributed by atoms with Gasteiger partial charge < -0.3 is 0 Å². The van der Waals surface area contributed by atoms with Crippen LogP contribution in [0.15, 0.2) is 0 Å². The van der Waals surface area contributed by atoms with E-state index in [1.54, 1.807) is 0 Å². The zero-order valence-electron chi connectivity index (χ0n) is 7.00. The maximum absolute atomic E-state index is 3.28. The second kappa shape index (κ2) is 2.73. The van der Waals surface area contributed by atoms with E-state index >= 15 is 0 Å². The summed E-state index contributed by atoms with van der Waals surface area (Å²) in [6.45, 7) is 11.1. The fourth-order valence-corrected chi connectivity index (χ4v) is 0.773. The Kier molecular flexibility index (Phi) is 2.94. The fourth-order valence-electron chi connectivity index (χ4n) is 0.188. The normalized spacial score (nSPS) is 13.8. The van der Waals surface area contributed by atoms with E-state index in [2.05, 4.69) is 38.4 Å². The summed E-state index contributed by atoms with van der Waals surface area (Å²) in [7, 11) is 0. The summed E-state index contributed by atoms with van der Waals surface area (Å²) in [6.07, 6.45) is 0. The topological polar surface area (TPSA) is 12.0 Å². The van der Waals surface area contributed by atoms with E-state index in [1.807, 2.05) is 20.7 Å². The molecule has 0 atom stereocenters. The van der Waals surface area contributed by atoms with Crippen LogP contribution >= 0.6 is 0 Å². The van der Waals surface area contributed by atoms with Gasteiger partial charge in [0.2, 0.25) is 0 Å². The van der Waals surface area contributed by atoms with Crippen molar-refractivity contribution in [3.63, 3.8) is 0 Å². The monoisotopic (exact) mass is 162 g/mol. The molecule has 0 heterocycles. The van der Waals surface area contributed by atoms with E-state index in [0.717, 1.165) is 0 Å². The van der Waals surface area contributed by atoms with Gasteiger partial charge in [-0.3, -0.25) is 0 Å². The number of hydrogen-bond acceptors (Lipinski definition) is 1. The molecular weight excluding hydrogens is 146 g/mol. The Labute approximate surface area is 70.3 Å². The fraction of sp³-hybridized carbons (Fsp3) is 1.00. The van der Waals surface area contributed by atoms with Crippen molar-refractivity contribution in [1.29, 1.82) is 0 Å². The van der Waals surface area contributed by atoms with Crippen molar-refractivity contribution in [3.05, 3.63) is 0 Å². The van der Waals surface area contributed by atoms with E-state index in [9.17, 15) is 0 Å². The first-order valence-corrected chi connectivity index (χ1v) is 4.03. The van der Waals surface area contributed by atoms with E-state index < -0.39 is 0 Å². The molecule has 0 amide bonds. The molecule has 0 unspecified atom stereocenters. The van der Waals surface area contributed by atoms with Crippen LogP contribution in [0.5, 0.6) is 0 Å². The van der Waals surface area contributed by atoms with Gasteiger partial charge in [-0.1, -0.05) is 0 Å². The van der Waals surface area contributed by atoms with Crippen molar-refractivity contribution in [2.45, 2.75) is 40.2 Å². The Morgan fingerprint density at radius 3 is 1.33 bits per heavy atom. The molecule has 0 aliphatic heterocycles. The molecule has 0 saturated carbocycles. The Bertz CT molecular complexity index is 91.6. The van der Waals surface area contributed by atoms with E-state index in [-0.39, 0.29) is 5.54 Å². The van der Waals surface area contributed by atoms with Crippen molar-refractivity contribution < 1.29 is 20.7 Å². The zero-order valence-corrected chi connectivity index (χ0v) is 8.56. The summed E-state index contributed by atoms with van der Waals surface area (Å²) in [4.78, 5) is 0. The van der Waals surface area contributed by atoms with Crippen LogP contribution in [0.2, 0.25) is 0 Å². The Morgan fingerprint density at radius 2 is 1.33 bits per heavy atom. The molecule has 0 spiro atoms. The van der Waals surface area contributed by atoms with E-state index in [4.69, 9.17) is 0 Å². The second-order valence-electron chi connectivity index (χ2n) is 4.00. The third kappa shape index (κ3) is 2.41. The maximum atomic E-state index is 3.28. The summed E-state index contributed by atoms with van der Waals surface area (Å²) in [6, 6.07) is 0. The zero-order chi connectivity index (χ0) is 7.71. The third-order valence-electron chi connectivity index (χ3n) is 2.19. The molecule has 0 bridgehead atoms. The van der Waals surface area contributed by atoms with Crippen LogP contribution in [0.3, 0.4) is 0 Å². The summed E-state index contributed by atoms with van der Waals surface area (Å²) >= 11 is 2.01. The van der Waals surface area contributed by atoms with Gasteiger partial charge in [0.05, 0.1) is 0 Å². The number of rotatable bonds is 1. The van der Waals surface area contributed by atoms with Gasteiger partial charge in [-0.15, -0.1) is 0 Å². The molecule has 0 aromatic heterocycles. The van der Waals surface area contributed by atoms with Gasteiger partial charge >= 0.3 is 70.1 Å². The van der Waals surface area contributed by atoms with Crippen LogP contribution in [0.25, 0.3) is 0 Å². The van der Waals surface area contributed by atoms with Crippen molar-refractivity contribution >= 4 is 0 Å². The molecule has 2 heteroatoms. The number of hydrogen-bond donors (Lipinski definition) is 1. The molecule has 1 nitrogen and oxygen atoms in total. The molecule has 53 valence electrons. The Balaban J connectivity index is 4.14. The second-order valence-corrected chi connectivity index (χ2v) is 4.39. The van der Waals surface area contributed by atoms with Gasteiger partial charge in [-0.25, -0.2) is 0 Å². The van der Waals surface area contributed by atoms with Crippen LogP contribution in [0.4, 0.5) is 0 Å². The first-order chi connectivity index (χ1) is 3.81. The average molecular weight is 162 g/mol. The molecular formula is C7H16NTi. The average Bonchev–Trinajstić information content (AvgIpc) is 1.64. The predicted molar refractivity (Wildman–Crippen MR) is 36.7 cm³/mol. The molecule has 0 fully saturated rings. The first kappa shape index (κ1) is 9.67. The van der Waals surface area contributed by atoms with Gasteiger partial charge in [-0.05, 0) is 0 Å². The van der Waals surface area contributed by atoms with E-state index in [1.165, 1.54) is 0 Å². The van der Waals surface area contributed by atoms with Crippen LogP contribution < -0.4 is 3.80 Å². The van der Waals surface area contributed by atoms with Gasteiger partial charge in [0, 0.05) is 0 Å². The molecule has 9 heavy (non-hydrogen) atoms. The predicted octanol–water partition coefficient (Wildman–Crippen LogP) is 1.86. The minimum absolute atomic E-state index is 0.229. The molecule has 0 aromatic rings. The Morgan fingerprint density at radius 1 is 1.00 bits per heavy atom. The minimum atomic E-state index is 0.229. The summed E-state index contributed by atoms with van der Waals surface area (Å²) in [5.41, 5.74) is 0.564. The van der Waals surface area contributed by atoms with Gasteiger partial charge in [0.1, 0.15) is 0 Å². The van der Waals surface area contributed by atoms with Crippen molar-refractivity contribution in [2.24, 2.45) is 5.41 Å². The molecule has 0 aromatic carbocycles. The molecule has 1 N–H and O–H groups in total.